The molecule has 0 spiro atoms. The van der Waals surface area contributed by atoms with E-state index >= 15 is 0 Å². The molecule has 0 aromatic heterocycles. The Morgan fingerprint density at radius 2 is 1.69 bits per heavy atom. The van der Waals surface area contributed by atoms with E-state index in [0.29, 0.717) is 6.04 Å². The lowest BCUT2D eigenvalue weighted by Crippen LogP contribution is -2.33. The van der Waals surface area contributed by atoms with Gasteiger partial charge < -0.3 is 5.73 Å². The van der Waals surface area contributed by atoms with E-state index in [1.54, 1.807) is 0 Å². The molecule has 13 heavy (non-hydrogen) atoms. The lowest BCUT2D eigenvalue weighted by Gasteiger charge is -2.22. The number of hydrogen-bond acceptors (Lipinski definition) is 1. The van der Waals surface area contributed by atoms with Gasteiger partial charge in [0.2, 0.25) is 0 Å². The molecule has 2 fully saturated rings. The Kier molecular flexibility index (Phi) is 2.64. The molecule has 2 saturated carbocycles. The molecule has 2 aliphatic carbocycles. The Bertz CT molecular complexity index is 164. The third kappa shape index (κ3) is 1.52. The van der Waals surface area contributed by atoms with Crippen molar-refractivity contribution in [1.29, 1.82) is 0 Å². The second kappa shape index (κ2) is 3.61. The molecule has 0 saturated heterocycles. The van der Waals surface area contributed by atoms with Crippen molar-refractivity contribution in [3.05, 3.63) is 0 Å². The molecule has 2 N–H and O–H groups in total. The van der Waals surface area contributed by atoms with Crippen LogP contribution in [0.1, 0.15) is 46.0 Å². The van der Waals surface area contributed by atoms with Crippen LogP contribution in [0, 0.1) is 23.7 Å². The fourth-order valence-electron chi connectivity index (χ4n) is 3.60. The second-order valence-electron chi connectivity index (χ2n) is 4.99. The predicted molar refractivity (Wildman–Crippen MR) is 56.4 cm³/mol. The molecule has 0 aromatic carbocycles. The van der Waals surface area contributed by atoms with Gasteiger partial charge >= 0.3 is 0 Å². The number of nitrogens with two attached hydrogens (primary N) is 1. The molecule has 76 valence electrons. The first-order valence-electron chi connectivity index (χ1n) is 6.05. The van der Waals surface area contributed by atoms with Crippen molar-refractivity contribution >= 4 is 0 Å². The molecule has 3 atom stereocenters. The largest absolute Gasteiger partial charge is 0.327 e. The highest BCUT2D eigenvalue weighted by molar-refractivity contribution is 5.06. The first kappa shape index (κ1) is 9.51. The highest BCUT2D eigenvalue weighted by atomic mass is 14.8. The standard InChI is InChI=1S/C12H23N/c1-3-8(4-2)12(13)11-9-6-5-7-10(9)11/h8-12H,3-7,13H2,1-2H3. The zero-order chi connectivity index (χ0) is 9.42. The van der Waals surface area contributed by atoms with Gasteiger partial charge in [0.1, 0.15) is 0 Å². The third-order valence-corrected chi connectivity index (χ3v) is 4.51. The number of hydrogen-bond donors (Lipinski definition) is 1. The van der Waals surface area contributed by atoms with Crippen LogP contribution in [-0.4, -0.2) is 6.04 Å². The van der Waals surface area contributed by atoms with E-state index in [0.717, 1.165) is 23.7 Å². The fraction of sp³-hybridized carbons (Fsp3) is 1.00. The summed E-state index contributed by atoms with van der Waals surface area (Å²) < 4.78 is 0. The summed E-state index contributed by atoms with van der Waals surface area (Å²) in [6, 6.07) is 0.519. The van der Waals surface area contributed by atoms with E-state index in [9.17, 15) is 0 Å². The van der Waals surface area contributed by atoms with Crippen LogP contribution in [0.5, 0.6) is 0 Å². The number of rotatable bonds is 4. The summed E-state index contributed by atoms with van der Waals surface area (Å²) in [5, 5.41) is 0. The lowest BCUT2D eigenvalue weighted by molar-refractivity contribution is 0.332. The van der Waals surface area contributed by atoms with Crippen molar-refractivity contribution in [2.75, 3.05) is 0 Å². The van der Waals surface area contributed by atoms with Crippen molar-refractivity contribution in [3.8, 4) is 0 Å². The molecule has 0 heterocycles. The Labute approximate surface area is 82.1 Å². The summed E-state index contributed by atoms with van der Waals surface area (Å²) in [6.45, 7) is 4.57. The molecule has 1 heteroatoms. The second-order valence-corrected chi connectivity index (χ2v) is 4.99. The highest BCUT2D eigenvalue weighted by Gasteiger charge is 2.55. The van der Waals surface area contributed by atoms with Crippen LogP contribution in [0.15, 0.2) is 0 Å². The molecular formula is C12H23N. The molecule has 2 rings (SSSR count). The van der Waals surface area contributed by atoms with Gasteiger partial charge in [0.25, 0.3) is 0 Å². The quantitative estimate of drug-likeness (QED) is 0.709. The maximum absolute atomic E-state index is 6.33. The summed E-state index contributed by atoms with van der Waals surface area (Å²) in [5.41, 5.74) is 6.33. The predicted octanol–water partition coefficient (Wildman–Crippen LogP) is 2.80. The average molecular weight is 181 g/mol. The van der Waals surface area contributed by atoms with E-state index in [1.807, 2.05) is 0 Å². The van der Waals surface area contributed by atoms with Crippen molar-refractivity contribution in [2.24, 2.45) is 29.4 Å². The van der Waals surface area contributed by atoms with E-state index in [4.69, 9.17) is 5.73 Å². The zero-order valence-electron chi connectivity index (χ0n) is 9.00. The zero-order valence-corrected chi connectivity index (χ0v) is 9.00. The van der Waals surface area contributed by atoms with E-state index in [-0.39, 0.29) is 0 Å². The summed E-state index contributed by atoms with van der Waals surface area (Å²) in [6.07, 6.45) is 6.97. The molecule has 0 radical (unpaired) electrons. The van der Waals surface area contributed by atoms with Gasteiger partial charge in [-0.05, 0) is 36.5 Å². The first-order valence-corrected chi connectivity index (χ1v) is 6.05. The molecule has 0 aliphatic heterocycles. The van der Waals surface area contributed by atoms with Crippen molar-refractivity contribution < 1.29 is 0 Å². The molecule has 3 unspecified atom stereocenters. The highest BCUT2D eigenvalue weighted by Crippen LogP contribution is 2.59. The van der Waals surface area contributed by atoms with Crippen LogP contribution >= 0.6 is 0 Å². The molecule has 0 amide bonds. The van der Waals surface area contributed by atoms with Gasteiger partial charge in [-0.15, -0.1) is 0 Å². The van der Waals surface area contributed by atoms with Crippen LogP contribution in [0.25, 0.3) is 0 Å². The van der Waals surface area contributed by atoms with Gasteiger partial charge in [0, 0.05) is 6.04 Å². The minimum atomic E-state index is 0.519. The summed E-state index contributed by atoms with van der Waals surface area (Å²) in [7, 11) is 0. The minimum absolute atomic E-state index is 0.519. The summed E-state index contributed by atoms with van der Waals surface area (Å²) in [5.74, 6) is 3.78. The molecule has 2 aliphatic rings. The molecule has 1 nitrogen and oxygen atoms in total. The SMILES string of the molecule is CCC(CC)C(N)C1C2CCCC21. The molecular weight excluding hydrogens is 158 g/mol. The van der Waals surface area contributed by atoms with Crippen LogP contribution in [-0.2, 0) is 0 Å². The van der Waals surface area contributed by atoms with Gasteiger partial charge in [0.15, 0.2) is 0 Å². The smallest absolute Gasteiger partial charge is 0.0101 e. The van der Waals surface area contributed by atoms with Gasteiger partial charge in [-0.3, -0.25) is 0 Å². The summed E-state index contributed by atoms with van der Waals surface area (Å²) in [4.78, 5) is 0. The van der Waals surface area contributed by atoms with Crippen LogP contribution in [0.4, 0.5) is 0 Å². The monoisotopic (exact) mass is 181 g/mol. The van der Waals surface area contributed by atoms with Crippen molar-refractivity contribution in [2.45, 2.75) is 52.0 Å². The van der Waals surface area contributed by atoms with Crippen molar-refractivity contribution in [1.82, 2.24) is 0 Å². The minimum Gasteiger partial charge on any atom is -0.327 e. The number of fused-ring (bicyclic) bond motifs is 1. The van der Waals surface area contributed by atoms with E-state index < -0.39 is 0 Å². The van der Waals surface area contributed by atoms with E-state index in [1.165, 1.54) is 32.1 Å². The van der Waals surface area contributed by atoms with Gasteiger partial charge in [-0.1, -0.05) is 33.1 Å². The Morgan fingerprint density at radius 3 is 2.15 bits per heavy atom. The molecule has 0 aromatic rings. The van der Waals surface area contributed by atoms with Gasteiger partial charge in [0.05, 0.1) is 0 Å². The van der Waals surface area contributed by atoms with Crippen LogP contribution < -0.4 is 5.73 Å². The molecule has 0 bridgehead atoms. The van der Waals surface area contributed by atoms with Crippen molar-refractivity contribution in [3.63, 3.8) is 0 Å². The van der Waals surface area contributed by atoms with Gasteiger partial charge in [-0.2, -0.15) is 0 Å². The Morgan fingerprint density at radius 1 is 1.15 bits per heavy atom. The third-order valence-electron chi connectivity index (χ3n) is 4.51. The van der Waals surface area contributed by atoms with E-state index in [2.05, 4.69) is 13.8 Å². The maximum Gasteiger partial charge on any atom is 0.0101 e. The Balaban J connectivity index is 1.87. The van der Waals surface area contributed by atoms with Crippen LogP contribution in [0.3, 0.4) is 0 Å². The average Bonchev–Trinajstić information content (AvgIpc) is 2.62. The topological polar surface area (TPSA) is 26.0 Å². The normalized spacial score (nSPS) is 39.2. The Hall–Kier alpha value is -0.0400. The van der Waals surface area contributed by atoms with Gasteiger partial charge in [-0.25, -0.2) is 0 Å². The first-order chi connectivity index (χ1) is 6.29. The summed E-state index contributed by atoms with van der Waals surface area (Å²) >= 11 is 0. The lowest BCUT2D eigenvalue weighted by atomic mass is 9.88. The fourth-order valence-corrected chi connectivity index (χ4v) is 3.60. The maximum atomic E-state index is 6.33. The van der Waals surface area contributed by atoms with Crippen LogP contribution in [0.2, 0.25) is 0 Å².